The van der Waals surface area contributed by atoms with Gasteiger partial charge in [0.25, 0.3) is 5.91 Å². The number of benzene rings is 2. The summed E-state index contributed by atoms with van der Waals surface area (Å²) in [7, 11) is 2.89. The standard InChI is InChI=1S/C22H20ClF3N2O3/c1-12-9-15(13(2)28(12)18-8-6-5-7-16(18)22(24,25)26)21(29)27-20-17(23)10-14(30-3)11-19(20)31-4/h5-11H,1-4H3,(H,27,29). The van der Waals surface area contributed by atoms with E-state index in [1.807, 2.05) is 0 Å². The van der Waals surface area contributed by atoms with Gasteiger partial charge in [-0.2, -0.15) is 13.2 Å². The fourth-order valence-electron chi connectivity index (χ4n) is 3.41. The number of hydrogen-bond donors (Lipinski definition) is 1. The van der Waals surface area contributed by atoms with Gasteiger partial charge in [-0.15, -0.1) is 0 Å². The van der Waals surface area contributed by atoms with Crippen LogP contribution in [0.2, 0.25) is 5.02 Å². The second-order valence-corrected chi connectivity index (χ2v) is 7.18. The van der Waals surface area contributed by atoms with Gasteiger partial charge in [-0.1, -0.05) is 23.7 Å². The minimum atomic E-state index is -4.54. The quantitative estimate of drug-likeness (QED) is 0.513. The fourth-order valence-corrected chi connectivity index (χ4v) is 3.66. The van der Waals surface area contributed by atoms with Crippen LogP contribution in [0.15, 0.2) is 42.5 Å². The molecule has 2 aromatic carbocycles. The number of para-hydroxylation sites is 1. The maximum absolute atomic E-state index is 13.5. The second-order valence-electron chi connectivity index (χ2n) is 6.78. The predicted octanol–water partition coefficient (Wildman–Crippen LogP) is 6.04. The highest BCUT2D eigenvalue weighted by atomic mass is 35.5. The number of aromatic nitrogens is 1. The van der Waals surface area contributed by atoms with Gasteiger partial charge in [-0.3, -0.25) is 4.79 Å². The maximum atomic E-state index is 13.5. The smallest absolute Gasteiger partial charge is 0.418 e. The summed E-state index contributed by atoms with van der Waals surface area (Å²) in [5.41, 5.74) is 0.439. The minimum absolute atomic E-state index is 0.0517. The molecule has 1 aromatic heterocycles. The second kappa shape index (κ2) is 8.55. The lowest BCUT2D eigenvalue weighted by atomic mass is 10.1. The van der Waals surface area contributed by atoms with Gasteiger partial charge in [0, 0.05) is 23.5 Å². The van der Waals surface area contributed by atoms with Crippen LogP contribution in [0.4, 0.5) is 18.9 Å². The molecule has 0 spiro atoms. The van der Waals surface area contributed by atoms with Crippen molar-refractivity contribution in [1.29, 1.82) is 0 Å². The van der Waals surface area contributed by atoms with E-state index in [4.69, 9.17) is 21.1 Å². The molecular formula is C22H20ClF3N2O3. The van der Waals surface area contributed by atoms with Gasteiger partial charge in [0.1, 0.15) is 17.2 Å². The third kappa shape index (κ3) is 4.34. The van der Waals surface area contributed by atoms with Gasteiger partial charge >= 0.3 is 6.18 Å². The van der Waals surface area contributed by atoms with E-state index >= 15 is 0 Å². The van der Waals surface area contributed by atoms with E-state index in [1.165, 1.54) is 49.1 Å². The largest absolute Gasteiger partial charge is 0.497 e. The van der Waals surface area contributed by atoms with Gasteiger partial charge in [0.2, 0.25) is 0 Å². The number of nitrogens with one attached hydrogen (secondary N) is 1. The number of ether oxygens (including phenoxy) is 2. The summed E-state index contributed by atoms with van der Waals surface area (Å²) < 4.78 is 52.3. The summed E-state index contributed by atoms with van der Waals surface area (Å²) in [5, 5.41) is 2.88. The Morgan fingerprint density at radius 1 is 1.06 bits per heavy atom. The molecule has 0 saturated heterocycles. The molecular weight excluding hydrogens is 433 g/mol. The van der Waals surface area contributed by atoms with E-state index in [1.54, 1.807) is 19.9 Å². The molecule has 0 unspecified atom stereocenters. The Bertz CT molecular complexity index is 1140. The number of aryl methyl sites for hydroxylation is 1. The summed E-state index contributed by atoms with van der Waals surface area (Å²) in [6.07, 6.45) is -4.54. The van der Waals surface area contributed by atoms with Gasteiger partial charge in [-0.05, 0) is 32.0 Å². The molecule has 3 rings (SSSR count). The van der Waals surface area contributed by atoms with Crippen molar-refractivity contribution in [3.8, 4) is 17.2 Å². The third-order valence-corrected chi connectivity index (χ3v) is 5.15. The van der Waals surface area contributed by atoms with Crippen molar-refractivity contribution in [2.75, 3.05) is 19.5 Å². The molecule has 1 amide bonds. The topological polar surface area (TPSA) is 52.5 Å². The molecule has 0 saturated carbocycles. The van der Waals surface area contributed by atoms with Crippen molar-refractivity contribution in [3.63, 3.8) is 0 Å². The minimum Gasteiger partial charge on any atom is -0.497 e. The van der Waals surface area contributed by atoms with Gasteiger partial charge in [-0.25, -0.2) is 0 Å². The number of anilines is 1. The lowest BCUT2D eigenvalue weighted by Crippen LogP contribution is -2.15. The Morgan fingerprint density at radius 3 is 2.35 bits per heavy atom. The van der Waals surface area contributed by atoms with Crippen LogP contribution in [-0.2, 0) is 6.18 Å². The van der Waals surface area contributed by atoms with Crippen LogP contribution in [0.3, 0.4) is 0 Å². The highest BCUT2D eigenvalue weighted by molar-refractivity contribution is 6.34. The van der Waals surface area contributed by atoms with Crippen LogP contribution < -0.4 is 14.8 Å². The number of methoxy groups -OCH3 is 2. The maximum Gasteiger partial charge on any atom is 0.418 e. The van der Waals surface area contributed by atoms with Crippen molar-refractivity contribution >= 4 is 23.2 Å². The number of halogens is 4. The van der Waals surface area contributed by atoms with Crippen molar-refractivity contribution in [3.05, 3.63) is 70.0 Å². The molecule has 164 valence electrons. The molecule has 0 atom stereocenters. The number of alkyl halides is 3. The number of rotatable bonds is 5. The first-order valence-corrected chi connectivity index (χ1v) is 9.54. The monoisotopic (exact) mass is 452 g/mol. The number of carbonyl (C=O) groups is 1. The van der Waals surface area contributed by atoms with Crippen molar-refractivity contribution in [1.82, 2.24) is 4.57 Å². The van der Waals surface area contributed by atoms with Crippen LogP contribution in [0.5, 0.6) is 11.5 Å². The van der Waals surface area contributed by atoms with Crippen molar-refractivity contribution in [2.24, 2.45) is 0 Å². The third-order valence-electron chi connectivity index (χ3n) is 4.85. The Morgan fingerprint density at radius 2 is 1.74 bits per heavy atom. The zero-order valence-corrected chi connectivity index (χ0v) is 18.0. The molecule has 31 heavy (non-hydrogen) atoms. The summed E-state index contributed by atoms with van der Waals surface area (Å²) >= 11 is 6.26. The predicted molar refractivity (Wildman–Crippen MR) is 113 cm³/mol. The van der Waals surface area contributed by atoms with Gasteiger partial charge in [0.15, 0.2) is 0 Å². The van der Waals surface area contributed by atoms with Gasteiger partial charge < -0.3 is 19.4 Å². The molecule has 1 heterocycles. The van der Waals surface area contributed by atoms with E-state index in [-0.39, 0.29) is 27.7 Å². The van der Waals surface area contributed by atoms with E-state index < -0.39 is 17.6 Å². The Balaban J connectivity index is 2.04. The number of hydrogen-bond acceptors (Lipinski definition) is 3. The fraction of sp³-hybridized carbons (Fsp3) is 0.227. The Labute approximate surface area is 182 Å². The summed E-state index contributed by atoms with van der Waals surface area (Å²) in [6, 6.07) is 9.83. The molecule has 9 heteroatoms. The zero-order chi connectivity index (χ0) is 22.9. The molecule has 1 N–H and O–H groups in total. The van der Waals surface area contributed by atoms with E-state index in [0.29, 0.717) is 17.1 Å². The average Bonchev–Trinajstić information content (AvgIpc) is 3.02. The van der Waals surface area contributed by atoms with Gasteiger partial charge in [0.05, 0.1) is 36.1 Å². The molecule has 0 aliphatic rings. The molecule has 0 bridgehead atoms. The van der Waals surface area contributed by atoms with E-state index in [2.05, 4.69) is 5.32 Å². The molecule has 5 nitrogen and oxygen atoms in total. The molecule has 0 radical (unpaired) electrons. The molecule has 0 fully saturated rings. The zero-order valence-electron chi connectivity index (χ0n) is 17.2. The first kappa shape index (κ1) is 22.6. The molecule has 0 aliphatic carbocycles. The highest BCUT2D eigenvalue weighted by Crippen LogP contribution is 2.38. The lowest BCUT2D eigenvalue weighted by Gasteiger charge is -2.17. The number of nitrogens with zero attached hydrogens (tertiary/aromatic N) is 1. The molecule has 0 aliphatic heterocycles. The summed E-state index contributed by atoms with van der Waals surface area (Å²) in [6.45, 7) is 3.22. The van der Waals surface area contributed by atoms with E-state index in [9.17, 15) is 18.0 Å². The van der Waals surface area contributed by atoms with Crippen molar-refractivity contribution < 1.29 is 27.4 Å². The summed E-state index contributed by atoms with van der Waals surface area (Å²) in [4.78, 5) is 13.0. The first-order valence-electron chi connectivity index (χ1n) is 9.17. The van der Waals surface area contributed by atoms with Crippen LogP contribution in [0, 0.1) is 13.8 Å². The van der Waals surface area contributed by atoms with E-state index in [0.717, 1.165) is 6.07 Å². The van der Waals surface area contributed by atoms with Crippen LogP contribution in [0.25, 0.3) is 5.69 Å². The first-order chi connectivity index (χ1) is 14.6. The highest BCUT2D eigenvalue weighted by Gasteiger charge is 2.34. The Kier molecular flexibility index (Phi) is 6.22. The lowest BCUT2D eigenvalue weighted by molar-refractivity contribution is -0.137. The summed E-state index contributed by atoms with van der Waals surface area (Å²) in [5.74, 6) is 0.199. The number of carbonyl (C=O) groups excluding carboxylic acids is 1. The van der Waals surface area contributed by atoms with Crippen LogP contribution in [0.1, 0.15) is 27.3 Å². The number of amides is 1. The Hall–Kier alpha value is -3.13. The van der Waals surface area contributed by atoms with Crippen LogP contribution in [-0.4, -0.2) is 24.7 Å². The normalized spacial score (nSPS) is 11.4. The average molecular weight is 453 g/mol. The van der Waals surface area contributed by atoms with Crippen LogP contribution >= 0.6 is 11.6 Å². The SMILES string of the molecule is COc1cc(Cl)c(NC(=O)c2cc(C)n(-c3ccccc3C(F)(F)F)c2C)c(OC)c1. The molecule has 3 aromatic rings. The van der Waals surface area contributed by atoms with Crippen molar-refractivity contribution in [2.45, 2.75) is 20.0 Å².